The Labute approximate surface area is 120 Å². The minimum Gasteiger partial charge on any atom is -0.389 e. The number of aromatic nitrogens is 1. The van der Waals surface area contributed by atoms with Gasteiger partial charge in [-0.2, -0.15) is 0 Å². The van der Waals surface area contributed by atoms with Crippen LogP contribution in [-0.4, -0.2) is 41.1 Å². The van der Waals surface area contributed by atoms with Gasteiger partial charge in [0, 0.05) is 18.8 Å². The van der Waals surface area contributed by atoms with Gasteiger partial charge in [0.05, 0.1) is 5.56 Å². The predicted octanol–water partition coefficient (Wildman–Crippen LogP) is 1.78. The van der Waals surface area contributed by atoms with Crippen molar-refractivity contribution in [3.8, 4) is 0 Å². The summed E-state index contributed by atoms with van der Waals surface area (Å²) in [5, 5.41) is 3.42. The Morgan fingerprint density at radius 1 is 1.58 bits per heavy atom. The summed E-state index contributed by atoms with van der Waals surface area (Å²) in [5.74, 6) is 1.50. The summed E-state index contributed by atoms with van der Waals surface area (Å²) < 4.78 is 0. The van der Waals surface area contributed by atoms with Gasteiger partial charge in [-0.1, -0.05) is 19.1 Å². The van der Waals surface area contributed by atoms with Gasteiger partial charge in [-0.15, -0.1) is 0 Å². The molecule has 0 radical (unpaired) electrons. The topological polar surface area (TPSA) is 54.2 Å². The van der Waals surface area contributed by atoms with E-state index in [0.717, 1.165) is 36.7 Å². The zero-order valence-electron chi connectivity index (χ0n) is 11.6. The lowest BCUT2D eigenvalue weighted by atomic mass is 10.1. The maximum Gasteiger partial charge on any atom is 0.136 e. The van der Waals surface area contributed by atoms with Crippen LogP contribution >= 0.6 is 12.2 Å². The maximum absolute atomic E-state index is 5.74. The molecule has 2 heterocycles. The first-order valence-corrected chi connectivity index (χ1v) is 7.24. The Morgan fingerprint density at radius 2 is 2.37 bits per heavy atom. The first-order chi connectivity index (χ1) is 9.10. The van der Waals surface area contributed by atoms with Gasteiger partial charge in [-0.3, -0.25) is 0 Å². The average molecular weight is 278 g/mol. The van der Waals surface area contributed by atoms with Crippen LogP contribution in [0.25, 0.3) is 0 Å². The second-order valence-electron chi connectivity index (χ2n) is 5.14. The summed E-state index contributed by atoms with van der Waals surface area (Å²) in [7, 11) is 0. The minimum absolute atomic E-state index is 0.400. The van der Waals surface area contributed by atoms with E-state index in [1.807, 2.05) is 19.1 Å². The third kappa shape index (κ3) is 3.64. The van der Waals surface area contributed by atoms with Gasteiger partial charge in [0.15, 0.2) is 0 Å². The third-order valence-electron chi connectivity index (χ3n) is 3.68. The number of likely N-dealkylation sites (tertiary alicyclic amines) is 1. The number of hydrogen-bond donors (Lipinski definition) is 2. The van der Waals surface area contributed by atoms with E-state index >= 15 is 0 Å². The summed E-state index contributed by atoms with van der Waals surface area (Å²) in [5.41, 5.74) is 7.55. The fourth-order valence-electron chi connectivity index (χ4n) is 2.50. The summed E-state index contributed by atoms with van der Waals surface area (Å²) >= 11 is 5.07. The molecule has 2 rings (SSSR count). The number of hydrogen-bond acceptors (Lipinski definition) is 4. The van der Waals surface area contributed by atoms with Crippen molar-refractivity contribution in [1.82, 2.24) is 9.88 Å². The molecule has 1 atom stereocenters. The van der Waals surface area contributed by atoms with Gasteiger partial charge in [0.2, 0.25) is 0 Å². The van der Waals surface area contributed by atoms with Crippen LogP contribution in [-0.2, 0) is 0 Å². The molecule has 4 nitrogen and oxygen atoms in total. The summed E-state index contributed by atoms with van der Waals surface area (Å²) in [6, 6.07) is 3.88. The fraction of sp³-hybridized carbons (Fsp3) is 0.571. The molecule has 0 saturated carbocycles. The smallest absolute Gasteiger partial charge is 0.136 e. The lowest BCUT2D eigenvalue weighted by Crippen LogP contribution is -2.23. The van der Waals surface area contributed by atoms with Crippen molar-refractivity contribution in [1.29, 1.82) is 0 Å². The van der Waals surface area contributed by atoms with Crippen molar-refractivity contribution in [2.24, 2.45) is 11.7 Å². The van der Waals surface area contributed by atoms with E-state index in [4.69, 9.17) is 18.0 Å². The lowest BCUT2D eigenvalue weighted by Gasteiger charge is -2.16. The van der Waals surface area contributed by atoms with Crippen LogP contribution in [0, 0.1) is 12.8 Å². The molecule has 1 aromatic heterocycles. The molecule has 1 aromatic rings. The molecule has 0 aliphatic carbocycles. The normalized spacial score (nSPS) is 19.6. The molecule has 0 amide bonds. The number of rotatable bonds is 5. The SMILES string of the molecule is CCN1CCC(CNc2nc(C)ccc2C(N)=S)C1. The highest BCUT2D eigenvalue weighted by Crippen LogP contribution is 2.18. The standard InChI is InChI=1S/C14H22N4S/c1-3-18-7-6-11(9-18)8-16-14-12(13(15)19)5-4-10(2)17-14/h4-5,11H,3,6-9H2,1-2H3,(H2,15,19)(H,16,17). The molecule has 104 valence electrons. The van der Waals surface area contributed by atoms with E-state index in [1.54, 1.807) is 0 Å². The zero-order valence-corrected chi connectivity index (χ0v) is 12.5. The highest BCUT2D eigenvalue weighted by atomic mass is 32.1. The molecule has 19 heavy (non-hydrogen) atoms. The average Bonchev–Trinajstić information content (AvgIpc) is 2.84. The van der Waals surface area contributed by atoms with Crippen LogP contribution in [0.1, 0.15) is 24.6 Å². The van der Waals surface area contributed by atoms with Gasteiger partial charge < -0.3 is 16.0 Å². The second kappa shape index (κ2) is 6.30. The third-order valence-corrected chi connectivity index (χ3v) is 3.90. The van der Waals surface area contributed by atoms with Crippen molar-refractivity contribution in [3.63, 3.8) is 0 Å². The largest absolute Gasteiger partial charge is 0.389 e. The van der Waals surface area contributed by atoms with Crippen molar-refractivity contribution in [2.75, 3.05) is 31.5 Å². The molecule has 1 aliphatic heterocycles. The van der Waals surface area contributed by atoms with E-state index in [2.05, 4.69) is 22.1 Å². The maximum atomic E-state index is 5.74. The summed E-state index contributed by atoms with van der Waals surface area (Å²) in [6.07, 6.45) is 1.25. The minimum atomic E-state index is 0.400. The molecular weight excluding hydrogens is 256 g/mol. The molecule has 0 spiro atoms. The molecule has 0 aromatic carbocycles. The first-order valence-electron chi connectivity index (χ1n) is 6.83. The van der Waals surface area contributed by atoms with Crippen molar-refractivity contribution in [2.45, 2.75) is 20.3 Å². The van der Waals surface area contributed by atoms with E-state index in [-0.39, 0.29) is 0 Å². The monoisotopic (exact) mass is 278 g/mol. The molecule has 0 bridgehead atoms. The van der Waals surface area contributed by atoms with Crippen LogP contribution in [0.5, 0.6) is 0 Å². The van der Waals surface area contributed by atoms with Gasteiger partial charge in [-0.25, -0.2) is 4.98 Å². The van der Waals surface area contributed by atoms with Crippen LogP contribution in [0.15, 0.2) is 12.1 Å². The second-order valence-corrected chi connectivity index (χ2v) is 5.58. The summed E-state index contributed by atoms with van der Waals surface area (Å²) in [4.78, 5) is 7.38. The highest BCUT2D eigenvalue weighted by molar-refractivity contribution is 7.80. The van der Waals surface area contributed by atoms with Crippen molar-refractivity contribution >= 4 is 23.0 Å². The highest BCUT2D eigenvalue weighted by Gasteiger charge is 2.21. The zero-order chi connectivity index (χ0) is 13.8. The number of aryl methyl sites for hydroxylation is 1. The Kier molecular flexibility index (Phi) is 4.71. The number of anilines is 1. The number of thiocarbonyl (C=S) groups is 1. The molecule has 1 saturated heterocycles. The number of nitrogens with two attached hydrogens (primary N) is 1. The van der Waals surface area contributed by atoms with Gasteiger partial charge in [-0.05, 0) is 44.5 Å². The lowest BCUT2D eigenvalue weighted by molar-refractivity contribution is 0.345. The molecule has 1 unspecified atom stereocenters. The van der Waals surface area contributed by atoms with E-state index in [1.165, 1.54) is 13.0 Å². The fourth-order valence-corrected chi connectivity index (χ4v) is 2.66. The molecule has 1 fully saturated rings. The Balaban J connectivity index is 1.99. The number of nitrogens with one attached hydrogen (secondary N) is 1. The van der Waals surface area contributed by atoms with Gasteiger partial charge in [0.25, 0.3) is 0 Å². The molecular formula is C14H22N4S. The quantitative estimate of drug-likeness (QED) is 0.804. The van der Waals surface area contributed by atoms with Gasteiger partial charge in [0.1, 0.15) is 10.8 Å². The van der Waals surface area contributed by atoms with Crippen LogP contribution in [0.4, 0.5) is 5.82 Å². The van der Waals surface area contributed by atoms with E-state index in [9.17, 15) is 0 Å². The van der Waals surface area contributed by atoms with Gasteiger partial charge >= 0.3 is 0 Å². The molecule has 3 N–H and O–H groups in total. The molecule has 1 aliphatic rings. The Hall–Kier alpha value is -1.20. The van der Waals surface area contributed by atoms with Crippen molar-refractivity contribution in [3.05, 3.63) is 23.4 Å². The van der Waals surface area contributed by atoms with Crippen LogP contribution < -0.4 is 11.1 Å². The predicted molar refractivity (Wildman–Crippen MR) is 83.6 cm³/mol. The Morgan fingerprint density at radius 3 is 3.00 bits per heavy atom. The van der Waals surface area contributed by atoms with Crippen molar-refractivity contribution < 1.29 is 0 Å². The Bertz CT molecular complexity index is 461. The summed E-state index contributed by atoms with van der Waals surface area (Å²) in [6.45, 7) is 8.62. The van der Waals surface area contributed by atoms with Crippen LogP contribution in [0.3, 0.4) is 0 Å². The molecule has 5 heteroatoms. The van der Waals surface area contributed by atoms with Crippen LogP contribution in [0.2, 0.25) is 0 Å². The van der Waals surface area contributed by atoms with E-state index < -0.39 is 0 Å². The number of nitrogens with zero attached hydrogens (tertiary/aromatic N) is 2. The number of pyridine rings is 1. The first kappa shape index (κ1) is 14.2. The van der Waals surface area contributed by atoms with E-state index in [0.29, 0.717) is 10.9 Å².